The number of carbonyl (C=O) groups is 1. The van der Waals surface area contributed by atoms with Crippen LogP contribution in [-0.2, 0) is 11.6 Å². The molecular weight excluding hydrogens is 419 g/mol. The number of nitrogens with one attached hydrogen (secondary N) is 1. The molecule has 1 aliphatic heterocycles. The SMILES string of the molecule is Cc1c(C(=O)Nc2cccc(C(F)(F)F)c2)cc(C(C)(C)C)n1C1CCN(CCO)CC1. The summed E-state index contributed by atoms with van der Waals surface area (Å²) in [5.41, 5.74) is 1.44. The fourth-order valence-corrected chi connectivity index (χ4v) is 4.41. The lowest BCUT2D eigenvalue weighted by molar-refractivity contribution is -0.137. The van der Waals surface area contributed by atoms with Crippen molar-refractivity contribution in [2.45, 2.75) is 58.2 Å². The summed E-state index contributed by atoms with van der Waals surface area (Å²) in [4.78, 5) is 15.3. The van der Waals surface area contributed by atoms with Crippen LogP contribution in [0, 0.1) is 6.92 Å². The summed E-state index contributed by atoms with van der Waals surface area (Å²) in [6.07, 6.45) is -2.65. The van der Waals surface area contributed by atoms with Crippen LogP contribution >= 0.6 is 0 Å². The van der Waals surface area contributed by atoms with Gasteiger partial charge in [-0.25, -0.2) is 0 Å². The molecule has 0 unspecified atom stereocenters. The second-order valence-corrected chi connectivity index (χ2v) is 9.48. The van der Waals surface area contributed by atoms with Crippen LogP contribution in [0.25, 0.3) is 0 Å². The summed E-state index contributed by atoms with van der Waals surface area (Å²) < 4.78 is 41.3. The van der Waals surface area contributed by atoms with E-state index in [1.54, 1.807) is 0 Å². The summed E-state index contributed by atoms with van der Waals surface area (Å²) in [7, 11) is 0. The van der Waals surface area contributed by atoms with E-state index in [1.807, 2.05) is 13.0 Å². The zero-order valence-corrected chi connectivity index (χ0v) is 19.1. The molecule has 2 heterocycles. The zero-order chi connectivity index (χ0) is 23.7. The topological polar surface area (TPSA) is 57.5 Å². The van der Waals surface area contributed by atoms with Crippen LogP contribution in [0.1, 0.15) is 67.0 Å². The Labute approximate surface area is 187 Å². The average Bonchev–Trinajstić information content (AvgIpc) is 3.06. The van der Waals surface area contributed by atoms with Gasteiger partial charge in [0.1, 0.15) is 0 Å². The molecule has 0 spiro atoms. The van der Waals surface area contributed by atoms with Crippen LogP contribution in [-0.4, -0.2) is 46.7 Å². The number of likely N-dealkylation sites (tertiary alicyclic amines) is 1. The first-order chi connectivity index (χ1) is 14.9. The number of hydrogen-bond acceptors (Lipinski definition) is 3. The van der Waals surface area contributed by atoms with Crippen LogP contribution in [0.5, 0.6) is 0 Å². The zero-order valence-electron chi connectivity index (χ0n) is 19.1. The number of aromatic nitrogens is 1. The third-order valence-corrected chi connectivity index (χ3v) is 6.09. The van der Waals surface area contributed by atoms with E-state index < -0.39 is 17.6 Å². The minimum Gasteiger partial charge on any atom is -0.395 e. The highest BCUT2D eigenvalue weighted by molar-refractivity contribution is 6.05. The monoisotopic (exact) mass is 451 g/mol. The fraction of sp³-hybridized carbons (Fsp3) is 0.542. The van der Waals surface area contributed by atoms with E-state index >= 15 is 0 Å². The Morgan fingerprint density at radius 3 is 2.38 bits per heavy atom. The van der Waals surface area contributed by atoms with Crippen molar-refractivity contribution in [2.24, 2.45) is 0 Å². The van der Waals surface area contributed by atoms with E-state index in [0.717, 1.165) is 49.5 Å². The summed E-state index contributed by atoms with van der Waals surface area (Å²) in [6.45, 7) is 10.7. The van der Waals surface area contributed by atoms with Gasteiger partial charge in [0.15, 0.2) is 0 Å². The first kappa shape index (κ1) is 24.3. The van der Waals surface area contributed by atoms with Crippen LogP contribution in [0.2, 0.25) is 0 Å². The Morgan fingerprint density at radius 1 is 1.16 bits per heavy atom. The molecule has 0 radical (unpaired) electrons. The molecule has 8 heteroatoms. The standard InChI is InChI=1S/C24H32F3N3O2/c1-16-20(22(32)28-18-7-5-6-17(14-18)24(25,26)27)15-21(23(2,3)4)30(16)19-8-10-29(11-9-19)12-13-31/h5-7,14-15,19,31H,8-13H2,1-4H3,(H,28,32). The number of aliphatic hydroxyl groups excluding tert-OH is 1. The molecular formula is C24H32F3N3O2. The molecule has 32 heavy (non-hydrogen) atoms. The van der Waals surface area contributed by atoms with Crippen molar-refractivity contribution in [1.82, 2.24) is 9.47 Å². The van der Waals surface area contributed by atoms with Gasteiger partial charge < -0.3 is 19.9 Å². The van der Waals surface area contributed by atoms with Crippen LogP contribution in [0.15, 0.2) is 30.3 Å². The molecule has 1 aliphatic rings. The lowest BCUT2D eigenvalue weighted by atomic mass is 9.91. The summed E-state index contributed by atoms with van der Waals surface area (Å²) in [6, 6.07) is 6.79. The van der Waals surface area contributed by atoms with Crippen molar-refractivity contribution in [1.29, 1.82) is 0 Å². The third kappa shape index (κ3) is 5.35. The number of piperidine rings is 1. The van der Waals surface area contributed by atoms with Gasteiger partial charge in [0.25, 0.3) is 5.91 Å². The fourth-order valence-electron chi connectivity index (χ4n) is 4.41. The van der Waals surface area contributed by atoms with Gasteiger partial charge in [0, 0.05) is 48.2 Å². The number of rotatable bonds is 5. The van der Waals surface area contributed by atoms with E-state index in [0.29, 0.717) is 12.1 Å². The second kappa shape index (κ2) is 9.27. The van der Waals surface area contributed by atoms with Crippen LogP contribution in [0.3, 0.4) is 0 Å². The third-order valence-electron chi connectivity index (χ3n) is 6.09. The first-order valence-electron chi connectivity index (χ1n) is 11.0. The maximum Gasteiger partial charge on any atom is 0.416 e. The van der Waals surface area contributed by atoms with E-state index in [1.165, 1.54) is 12.1 Å². The first-order valence-corrected chi connectivity index (χ1v) is 11.0. The molecule has 5 nitrogen and oxygen atoms in total. The Kier molecular flexibility index (Phi) is 7.05. The minimum atomic E-state index is -4.47. The Hall–Kier alpha value is -2.32. The largest absolute Gasteiger partial charge is 0.416 e. The van der Waals surface area contributed by atoms with Gasteiger partial charge in [0.2, 0.25) is 0 Å². The number of halogens is 3. The molecule has 0 atom stereocenters. The van der Waals surface area contributed by atoms with Gasteiger partial charge in [0.05, 0.1) is 17.7 Å². The number of alkyl halides is 3. The molecule has 1 saturated heterocycles. The number of carbonyl (C=O) groups excluding carboxylic acids is 1. The maximum atomic E-state index is 13.1. The highest BCUT2D eigenvalue weighted by Gasteiger charge is 2.32. The van der Waals surface area contributed by atoms with Gasteiger partial charge in [-0.3, -0.25) is 4.79 Å². The predicted octanol–water partition coefficient (Wildman–Crippen LogP) is 4.99. The number of β-amino-alcohol motifs (C(OH)–C–C–N with tert-alkyl or cyclic N) is 1. The highest BCUT2D eigenvalue weighted by atomic mass is 19.4. The molecule has 1 aromatic heterocycles. The number of nitrogens with zero attached hydrogens (tertiary/aromatic N) is 2. The van der Waals surface area contributed by atoms with Crippen LogP contribution in [0.4, 0.5) is 18.9 Å². The summed E-state index contributed by atoms with van der Waals surface area (Å²) >= 11 is 0. The van der Waals surface area contributed by atoms with Gasteiger partial charge in [-0.2, -0.15) is 13.2 Å². The highest BCUT2D eigenvalue weighted by Crippen LogP contribution is 2.35. The van der Waals surface area contributed by atoms with Crippen molar-refractivity contribution in [3.05, 3.63) is 52.8 Å². The molecule has 0 saturated carbocycles. The van der Waals surface area contributed by atoms with Gasteiger partial charge >= 0.3 is 6.18 Å². The molecule has 1 amide bonds. The molecule has 3 rings (SSSR count). The minimum absolute atomic E-state index is 0.117. The molecule has 2 aromatic rings. The molecule has 1 aromatic carbocycles. The van der Waals surface area contributed by atoms with Gasteiger partial charge in [-0.15, -0.1) is 0 Å². The van der Waals surface area contributed by atoms with Crippen molar-refractivity contribution >= 4 is 11.6 Å². The van der Waals surface area contributed by atoms with E-state index in [-0.39, 0.29) is 23.8 Å². The summed E-state index contributed by atoms with van der Waals surface area (Å²) in [5, 5.41) is 11.8. The molecule has 176 valence electrons. The quantitative estimate of drug-likeness (QED) is 0.673. The number of benzene rings is 1. The second-order valence-electron chi connectivity index (χ2n) is 9.48. The van der Waals surface area contributed by atoms with Crippen molar-refractivity contribution in [3.8, 4) is 0 Å². The summed E-state index contributed by atoms with van der Waals surface area (Å²) in [5.74, 6) is -0.413. The van der Waals surface area contributed by atoms with Crippen LogP contribution < -0.4 is 5.32 Å². The van der Waals surface area contributed by atoms with Gasteiger partial charge in [-0.1, -0.05) is 26.8 Å². The Balaban J connectivity index is 1.89. The molecule has 2 N–H and O–H groups in total. The van der Waals surface area contributed by atoms with Gasteiger partial charge in [-0.05, 0) is 44.0 Å². The normalized spacial score (nSPS) is 16.4. The van der Waals surface area contributed by atoms with Crippen molar-refractivity contribution < 1.29 is 23.1 Å². The molecule has 1 fully saturated rings. The number of hydrogen-bond donors (Lipinski definition) is 2. The van der Waals surface area contributed by atoms with E-state index in [4.69, 9.17) is 0 Å². The smallest absolute Gasteiger partial charge is 0.395 e. The Bertz CT molecular complexity index is 952. The number of amides is 1. The maximum absolute atomic E-state index is 13.1. The van der Waals surface area contributed by atoms with E-state index in [9.17, 15) is 23.1 Å². The Morgan fingerprint density at radius 2 is 1.81 bits per heavy atom. The molecule has 0 aliphatic carbocycles. The number of anilines is 1. The lowest BCUT2D eigenvalue weighted by Crippen LogP contribution is -2.37. The van der Waals surface area contributed by atoms with E-state index in [2.05, 4.69) is 35.6 Å². The number of aliphatic hydroxyl groups is 1. The van der Waals surface area contributed by atoms with Crippen molar-refractivity contribution in [3.63, 3.8) is 0 Å². The lowest BCUT2D eigenvalue weighted by Gasteiger charge is -2.35. The average molecular weight is 452 g/mol. The predicted molar refractivity (Wildman–Crippen MR) is 119 cm³/mol. The molecule has 0 bridgehead atoms. The van der Waals surface area contributed by atoms with Crippen molar-refractivity contribution in [2.75, 3.05) is 31.6 Å².